The van der Waals surface area contributed by atoms with Crippen LogP contribution in [0.3, 0.4) is 0 Å². The summed E-state index contributed by atoms with van der Waals surface area (Å²) in [4.78, 5) is 13.2. The number of carbonyl (C=O) groups excluding carboxylic acids is 1. The number of allylic oxidation sites excluding steroid dienone is 3. The zero-order valence-electron chi connectivity index (χ0n) is 25.5. The molecule has 40 heavy (non-hydrogen) atoms. The van der Waals surface area contributed by atoms with Crippen LogP contribution in [-0.4, -0.2) is 40.2 Å². The van der Waals surface area contributed by atoms with Gasteiger partial charge in [0, 0.05) is 24.9 Å². The van der Waals surface area contributed by atoms with E-state index in [9.17, 15) is 4.79 Å². The van der Waals surface area contributed by atoms with Crippen LogP contribution < -0.4 is 10.4 Å². The van der Waals surface area contributed by atoms with Gasteiger partial charge in [0.1, 0.15) is 6.10 Å². The second kappa shape index (κ2) is 12.7. The van der Waals surface area contributed by atoms with Gasteiger partial charge < -0.3 is 13.9 Å². The number of benzene rings is 2. The molecule has 5 heteroatoms. The average Bonchev–Trinajstić information content (AvgIpc) is 3.26. The summed E-state index contributed by atoms with van der Waals surface area (Å²) in [6.45, 7) is 13.9. The molecule has 4 atom stereocenters. The normalized spacial score (nSPS) is 24.9. The summed E-state index contributed by atoms with van der Waals surface area (Å²) in [5, 5.41) is 2.53. The standard InChI is InChI=1S/C35H48O4Si/c1-26(2)15-14-23-35-25-31(37-7)39-33(35)32(36)30(35)21-20-27(3)22-24-38-40(34(4,5)6,28-16-10-8-11-17-28)29-18-12-9-13-19-29/h8-13,15-19,22,30-31,33H,14,20-21,23-25H2,1-7H3/b27-22+/t30-,31?,33+,35-/m0/s1. The highest BCUT2D eigenvalue weighted by Gasteiger charge is 2.66. The van der Waals surface area contributed by atoms with Crippen molar-refractivity contribution in [1.82, 2.24) is 0 Å². The minimum absolute atomic E-state index is 0.0316. The molecule has 0 aromatic heterocycles. The molecular weight excluding hydrogens is 512 g/mol. The van der Waals surface area contributed by atoms with Gasteiger partial charge in [-0.3, -0.25) is 4.79 Å². The van der Waals surface area contributed by atoms with Gasteiger partial charge in [-0.1, -0.05) is 105 Å². The van der Waals surface area contributed by atoms with Crippen molar-refractivity contribution >= 4 is 24.5 Å². The van der Waals surface area contributed by atoms with Crippen LogP contribution in [0.1, 0.15) is 73.6 Å². The van der Waals surface area contributed by atoms with Gasteiger partial charge in [0.05, 0.1) is 6.61 Å². The number of carbonyl (C=O) groups is 1. The lowest BCUT2D eigenvalue weighted by molar-refractivity contribution is -0.176. The summed E-state index contributed by atoms with van der Waals surface area (Å²) in [5.41, 5.74) is 2.49. The molecule has 4 rings (SSSR count). The van der Waals surface area contributed by atoms with Gasteiger partial charge in [-0.15, -0.1) is 0 Å². The molecule has 0 amide bonds. The number of hydrogen-bond donors (Lipinski definition) is 0. The second-order valence-corrected chi connectivity index (χ2v) is 17.3. The average molecular weight is 561 g/mol. The van der Waals surface area contributed by atoms with E-state index in [0.29, 0.717) is 6.61 Å². The summed E-state index contributed by atoms with van der Waals surface area (Å²) in [6.07, 6.45) is 8.42. The van der Waals surface area contributed by atoms with Crippen LogP contribution in [0.25, 0.3) is 0 Å². The van der Waals surface area contributed by atoms with Crippen LogP contribution in [0.4, 0.5) is 0 Å². The Hall–Kier alpha value is -2.31. The predicted molar refractivity (Wildman–Crippen MR) is 166 cm³/mol. The lowest BCUT2D eigenvalue weighted by atomic mass is 9.53. The van der Waals surface area contributed by atoms with Crippen molar-refractivity contribution in [3.05, 3.63) is 84.0 Å². The molecule has 1 heterocycles. The van der Waals surface area contributed by atoms with E-state index >= 15 is 0 Å². The summed E-state index contributed by atoms with van der Waals surface area (Å²) in [5.74, 6) is 0.289. The number of fused-ring (bicyclic) bond motifs is 1. The Kier molecular flexibility index (Phi) is 9.72. The maximum absolute atomic E-state index is 13.2. The highest BCUT2D eigenvalue weighted by atomic mass is 28.4. The fourth-order valence-electron chi connectivity index (χ4n) is 6.95. The molecule has 2 aliphatic rings. The molecule has 2 fully saturated rings. The predicted octanol–water partition coefficient (Wildman–Crippen LogP) is 6.98. The van der Waals surface area contributed by atoms with Gasteiger partial charge in [-0.05, 0) is 61.9 Å². The third-order valence-electron chi connectivity index (χ3n) is 9.05. The largest absolute Gasteiger partial charge is 0.404 e. The summed E-state index contributed by atoms with van der Waals surface area (Å²) in [7, 11) is -0.890. The second-order valence-electron chi connectivity index (χ2n) is 13.0. The number of hydrogen-bond acceptors (Lipinski definition) is 4. The zero-order chi connectivity index (χ0) is 29.0. The van der Waals surface area contributed by atoms with E-state index in [-0.39, 0.29) is 34.5 Å². The number of ether oxygens (including phenoxy) is 2. The Morgan fingerprint density at radius 3 is 2.12 bits per heavy atom. The van der Waals surface area contributed by atoms with Crippen LogP contribution in [0.5, 0.6) is 0 Å². The van der Waals surface area contributed by atoms with Gasteiger partial charge >= 0.3 is 0 Å². The molecule has 0 radical (unpaired) electrons. The first-order valence-electron chi connectivity index (χ1n) is 14.8. The molecule has 1 unspecified atom stereocenters. The topological polar surface area (TPSA) is 44.8 Å². The molecule has 1 saturated heterocycles. The van der Waals surface area contributed by atoms with E-state index in [1.807, 2.05) is 0 Å². The summed E-state index contributed by atoms with van der Waals surface area (Å²) in [6, 6.07) is 21.5. The molecule has 2 aromatic carbocycles. The van der Waals surface area contributed by atoms with Crippen LogP contribution in [0.15, 0.2) is 84.0 Å². The van der Waals surface area contributed by atoms with Crippen LogP contribution in [-0.2, 0) is 18.7 Å². The van der Waals surface area contributed by atoms with E-state index in [1.54, 1.807) is 7.11 Å². The first kappa shape index (κ1) is 30.6. The summed E-state index contributed by atoms with van der Waals surface area (Å²) >= 11 is 0. The highest BCUT2D eigenvalue weighted by Crippen LogP contribution is 2.59. The van der Waals surface area contributed by atoms with Crippen LogP contribution in [0, 0.1) is 11.3 Å². The molecule has 1 saturated carbocycles. The Morgan fingerprint density at radius 1 is 1.00 bits per heavy atom. The lowest BCUT2D eigenvalue weighted by Crippen LogP contribution is -2.66. The number of methoxy groups -OCH3 is 1. The Labute approximate surface area is 242 Å². The van der Waals surface area contributed by atoms with Gasteiger partial charge in [-0.2, -0.15) is 0 Å². The minimum Gasteiger partial charge on any atom is -0.404 e. The SMILES string of the molecule is COC1C[C@]2(CCC=C(C)C)[C@H](O1)C(=O)[C@@H]2CC/C(C)=C/CO[Si](c1ccccc1)(c1ccccc1)C(C)(C)C. The first-order chi connectivity index (χ1) is 19.0. The Balaban J connectivity index is 1.49. The number of ketones is 1. The van der Waals surface area contributed by atoms with Crippen molar-refractivity contribution in [1.29, 1.82) is 0 Å². The molecule has 1 aliphatic heterocycles. The van der Waals surface area contributed by atoms with E-state index in [1.165, 1.54) is 21.5 Å². The fraction of sp³-hybridized carbons (Fsp3) is 0.514. The third kappa shape index (κ3) is 5.99. The van der Waals surface area contributed by atoms with E-state index in [2.05, 4.69) is 114 Å². The van der Waals surface area contributed by atoms with Crippen molar-refractivity contribution in [2.45, 2.75) is 91.1 Å². The first-order valence-corrected chi connectivity index (χ1v) is 16.7. The molecule has 4 nitrogen and oxygen atoms in total. The Morgan fingerprint density at radius 2 is 1.60 bits per heavy atom. The third-order valence-corrected chi connectivity index (χ3v) is 14.1. The number of rotatable bonds is 12. The van der Waals surface area contributed by atoms with Crippen molar-refractivity contribution in [3.8, 4) is 0 Å². The fourth-order valence-corrected chi connectivity index (χ4v) is 11.4. The van der Waals surface area contributed by atoms with Gasteiger partial charge in [0.25, 0.3) is 8.32 Å². The zero-order valence-corrected chi connectivity index (χ0v) is 26.5. The maximum atomic E-state index is 13.2. The quantitative estimate of drug-likeness (QED) is 0.207. The molecule has 0 N–H and O–H groups in total. The van der Waals surface area contributed by atoms with E-state index in [4.69, 9.17) is 13.9 Å². The smallest absolute Gasteiger partial charge is 0.261 e. The monoisotopic (exact) mass is 560 g/mol. The van der Waals surface area contributed by atoms with Gasteiger partial charge in [0.15, 0.2) is 12.1 Å². The molecule has 1 aliphatic carbocycles. The molecular formula is C35H48O4Si. The van der Waals surface area contributed by atoms with Crippen molar-refractivity contribution in [3.63, 3.8) is 0 Å². The lowest BCUT2D eigenvalue weighted by Gasteiger charge is -2.49. The molecule has 2 aromatic rings. The van der Waals surface area contributed by atoms with Crippen molar-refractivity contribution in [2.24, 2.45) is 11.3 Å². The van der Waals surface area contributed by atoms with Crippen LogP contribution >= 0.6 is 0 Å². The number of Topliss-reactive ketones (excluding diaryl/α,β-unsaturated/α-hetero) is 1. The molecule has 216 valence electrons. The Bertz CT molecular complexity index is 1150. The summed E-state index contributed by atoms with van der Waals surface area (Å²) < 4.78 is 18.6. The van der Waals surface area contributed by atoms with Crippen molar-refractivity contribution < 1.29 is 18.7 Å². The highest BCUT2D eigenvalue weighted by molar-refractivity contribution is 6.99. The van der Waals surface area contributed by atoms with Gasteiger partial charge in [-0.25, -0.2) is 0 Å². The maximum Gasteiger partial charge on any atom is 0.261 e. The molecule has 0 spiro atoms. The van der Waals surface area contributed by atoms with E-state index in [0.717, 1.165) is 32.1 Å². The van der Waals surface area contributed by atoms with Crippen molar-refractivity contribution in [2.75, 3.05) is 13.7 Å². The minimum atomic E-state index is -2.57. The van der Waals surface area contributed by atoms with Crippen LogP contribution in [0.2, 0.25) is 5.04 Å². The van der Waals surface area contributed by atoms with E-state index < -0.39 is 8.32 Å². The molecule has 0 bridgehead atoms. The van der Waals surface area contributed by atoms with Gasteiger partial charge in [0.2, 0.25) is 0 Å².